The van der Waals surface area contributed by atoms with Gasteiger partial charge in [-0.15, -0.1) is 0 Å². The zero-order valence-corrected chi connectivity index (χ0v) is 16.7. The van der Waals surface area contributed by atoms with Crippen molar-refractivity contribution < 1.29 is 9.53 Å². The zero-order chi connectivity index (χ0) is 19.1. The van der Waals surface area contributed by atoms with Gasteiger partial charge in [-0.05, 0) is 66.3 Å². The highest BCUT2D eigenvalue weighted by Gasteiger charge is 2.08. The molecule has 0 fully saturated rings. The summed E-state index contributed by atoms with van der Waals surface area (Å²) in [5.41, 5.74) is 2.41. The number of carbonyl (C=O) groups is 1. The zero-order valence-electron chi connectivity index (χ0n) is 14.3. The lowest BCUT2D eigenvalue weighted by Crippen LogP contribution is -2.34. The fourth-order valence-electron chi connectivity index (χ4n) is 2.31. The molecule has 3 aromatic carbocycles. The van der Waals surface area contributed by atoms with E-state index < -0.39 is 0 Å². The lowest BCUT2D eigenvalue weighted by molar-refractivity contribution is 0.0977. The van der Waals surface area contributed by atoms with Crippen LogP contribution in [0.5, 0.6) is 5.75 Å². The van der Waals surface area contributed by atoms with Crippen LogP contribution in [-0.4, -0.2) is 11.0 Å². The van der Waals surface area contributed by atoms with Crippen LogP contribution < -0.4 is 15.4 Å². The monoisotopic (exact) mass is 440 g/mol. The minimum atomic E-state index is -0.261. The van der Waals surface area contributed by atoms with E-state index in [1.54, 1.807) is 24.3 Å². The standard InChI is InChI=1S/C21H17BrN2O2S/c22-17-8-6-16(7-9-17)20(25)24-21(27)23-18-10-12-19(13-11-18)26-14-15-4-2-1-3-5-15/h1-13H,14H2,(H2,23,24,25,27). The van der Waals surface area contributed by atoms with Gasteiger partial charge in [-0.3, -0.25) is 10.1 Å². The smallest absolute Gasteiger partial charge is 0.257 e. The Kier molecular flexibility index (Phi) is 6.57. The molecule has 0 aliphatic rings. The Labute approximate surface area is 171 Å². The predicted molar refractivity (Wildman–Crippen MR) is 115 cm³/mol. The molecule has 3 rings (SSSR count). The second-order valence-electron chi connectivity index (χ2n) is 5.71. The highest BCUT2D eigenvalue weighted by atomic mass is 79.9. The molecular weight excluding hydrogens is 424 g/mol. The number of hydrogen-bond acceptors (Lipinski definition) is 3. The molecule has 3 aromatic rings. The number of anilines is 1. The van der Waals surface area contributed by atoms with E-state index in [9.17, 15) is 4.79 Å². The number of rotatable bonds is 5. The van der Waals surface area contributed by atoms with Crippen molar-refractivity contribution in [2.45, 2.75) is 6.61 Å². The molecule has 0 saturated heterocycles. The summed E-state index contributed by atoms with van der Waals surface area (Å²) in [5, 5.41) is 5.89. The third-order valence-electron chi connectivity index (χ3n) is 3.69. The highest BCUT2D eigenvalue weighted by Crippen LogP contribution is 2.17. The van der Waals surface area contributed by atoms with E-state index in [0.29, 0.717) is 12.2 Å². The normalized spacial score (nSPS) is 10.1. The number of halogens is 1. The van der Waals surface area contributed by atoms with Crippen molar-refractivity contribution in [2.75, 3.05) is 5.32 Å². The van der Waals surface area contributed by atoms with Crippen LogP contribution in [0.4, 0.5) is 5.69 Å². The summed E-state index contributed by atoms with van der Waals surface area (Å²) < 4.78 is 6.66. The van der Waals surface area contributed by atoms with Crippen molar-refractivity contribution in [2.24, 2.45) is 0 Å². The number of amides is 1. The molecule has 2 N–H and O–H groups in total. The van der Waals surface area contributed by atoms with Gasteiger partial charge in [0.15, 0.2) is 5.11 Å². The van der Waals surface area contributed by atoms with E-state index in [-0.39, 0.29) is 11.0 Å². The Morgan fingerprint density at radius 1 is 0.926 bits per heavy atom. The molecule has 4 nitrogen and oxygen atoms in total. The van der Waals surface area contributed by atoms with Crippen molar-refractivity contribution in [3.8, 4) is 5.75 Å². The quantitative estimate of drug-likeness (QED) is 0.538. The van der Waals surface area contributed by atoms with Gasteiger partial charge in [0, 0.05) is 15.7 Å². The molecule has 0 aromatic heterocycles. The molecule has 0 bridgehead atoms. The molecule has 0 saturated carbocycles. The minimum Gasteiger partial charge on any atom is -0.489 e. The lowest BCUT2D eigenvalue weighted by Gasteiger charge is -2.11. The summed E-state index contributed by atoms with van der Waals surface area (Å²) in [6, 6.07) is 24.4. The van der Waals surface area contributed by atoms with E-state index in [4.69, 9.17) is 17.0 Å². The molecule has 0 radical (unpaired) electrons. The van der Waals surface area contributed by atoms with Gasteiger partial charge >= 0.3 is 0 Å². The van der Waals surface area contributed by atoms with Crippen molar-refractivity contribution in [3.05, 3.63) is 94.5 Å². The fourth-order valence-corrected chi connectivity index (χ4v) is 2.79. The van der Waals surface area contributed by atoms with E-state index in [0.717, 1.165) is 21.5 Å². The lowest BCUT2D eigenvalue weighted by atomic mass is 10.2. The van der Waals surface area contributed by atoms with E-state index in [1.807, 2.05) is 54.6 Å². The highest BCUT2D eigenvalue weighted by molar-refractivity contribution is 9.10. The molecule has 0 aliphatic carbocycles. The first kappa shape index (κ1) is 19.1. The van der Waals surface area contributed by atoms with E-state index in [1.165, 1.54) is 0 Å². The number of hydrogen-bond donors (Lipinski definition) is 2. The van der Waals surface area contributed by atoms with Gasteiger partial charge in [-0.25, -0.2) is 0 Å². The van der Waals surface area contributed by atoms with Gasteiger partial charge in [-0.2, -0.15) is 0 Å². The van der Waals surface area contributed by atoms with Gasteiger partial charge in [0.25, 0.3) is 5.91 Å². The molecule has 6 heteroatoms. The van der Waals surface area contributed by atoms with Gasteiger partial charge in [0.1, 0.15) is 12.4 Å². The second-order valence-corrected chi connectivity index (χ2v) is 7.04. The first-order valence-corrected chi connectivity index (χ1v) is 9.45. The molecule has 27 heavy (non-hydrogen) atoms. The largest absolute Gasteiger partial charge is 0.489 e. The van der Waals surface area contributed by atoms with Crippen LogP contribution in [0.15, 0.2) is 83.3 Å². The van der Waals surface area contributed by atoms with Crippen molar-refractivity contribution in [1.29, 1.82) is 0 Å². The number of benzene rings is 3. The molecule has 0 spiro atoms. The molecular formula is C21H17BrN2O2S. The summed E-state index contributed by atoms with van der Waals surface area (Å²) >= 11 is 8.54. The Morgan fingerprint density at radius 2 is 1.59 bits per heavy atom. The maximum atomic E-state index is 12.2. The second kappa shape index (κ2) is 9.30. The topological polar surface area (TPSA) is 50.4 Å². The molecule has 0 unspecified atom stereocenters. The molecule has 136 valence electrons. The van der Waals surface area contributed by atoms with Crippen molar-refractivity contribution >= 4 is 44.9 Å². The Hall–Kier alpha value is -2.70. The Morgan fingerprint density at radius 3 is 2.26 bits per heavy atom. The van der Waals surface area contributed by atoms with Crippen LogP contribution in [-0.2, 0) is 6.61 Å². The van der Waals surface area contributed by atoms with Crippen molar-refractivity contribution in [3.63, 3.8) is 0 Å². The van der Waals surface area contributed by atoms with E-state index >= 15 is 0 Å². The van der Waals surface area contributed by atoms with Crippen LogP contribution >= 0.6 is 28.1 Å². The Balaban J connectivity index is 1.50. The maximum Gasteiger partial charge on any atom is 0.257 e. The predicted octanol–water partition coefficient (Wildman–Crippen LogP) is 5.15. The van der Waals surface area contributed by atoms with Gasteiger partial charge in [0.2, 0.25) is 0 Å². The van der Waals surface area contributed by atoms with Crippen molar-refractivity contribution in [1.82, 2.24) is 5.32 Å². The van der Waals surface area contributed by atoms with Crippen LogP contribution in [0, 0.1) is 0 Å². The molecule has 0 aliphatic heterocycles. The van der Waals surface area contributed by atoms with Gasteiger partial charge in [0.05, 0.1) is 0 Å². The van der Waals surface area contributed by atoms with Crippen LogP contribution in [0.2, 0.25) is 0 Å². The van der Waals surface area contributed by atoms with E-state index in [2.05, 4.69) is 26.6 Å². The maximum absolute atomic E-state index is 12.2. The average Bonchev–Trinajstić information content (AvgIpc) is 2.68. The first-order chi connectivity index (χ1) is 13.1. The molecule has 1 amide bonds. The fraction of sp³-hybridized carbons (Fsp3) is 0.0476. The summed E-state index contributed by atoms with van der Waals surface area (Å²) in [5.74, 6) is 0.497. The third kappa shape index (κ3) is 5.91. The first-order valence-electron chi connectivity index (χ1n) is 8.25. The Bertz CT molecular complexity index is 913. The van der Waals surface area contributed by atoms with Crippen LogP contribution in [0.1, 0.15) is 15.9 Å². The molecule has 0 heterocycles. The van der Waals surface area contributed by atoms with Crippen LogP contribution in [0.3, 0.4) is 0 Å². The number of ether oxygens (including phenoxy) is 1. The van der Waals surface area contributed by atoms with Gasteiger partial charge < -0.3 is 10.1 Å². The summed E-state index contributed by atoms with van der Waals surface area (Å²) in [6.45, 7) is 0.509. The van der Waals surface area contributed by atoms with Crippen LogP contribution in [0.25, 0.3) is 0 Å². The average molecular weight is 441 g/mol. The number of thiocarbonyl (C=S) groups is 1. The SMILES string of the molecule is O=C(NC(=S)Nc1ccc(OCc2ccccc2)cc1)c1ccc(Br)cc1. The minimum absolute atomic E-state index is 0.237. The summed E-state index contributed by atoms with van der Waals surface area (Å²) in [6.07, 6.45) is 0. The number of nitrogens with one attached hydrogen (secondary N) is 2. The van der Waals surface area contributed by atoms with Gasteiger partial charge in [-0.1, -0.05) is 46.3 Å². The number of carbonyl (C=O) groups excluding carboxylic acids is 1. The molecule has 0 atom stereocenters. The summed E-state index contributed by atoms with van der Waals surface area (Å²) in [7, 11) is 0. The summed E-state index contributed by atoms with van der Waals surface area (Å²) in [4.78, 5) is 12.2. The third-order valence-corrected chi connectivity index (χ3v) is 4.43.